The van der Waals surface area contributed by atoms with Gasteiger partial charge in [-0.05, 0) is 42.0 Å². The van der Waals surface area contributed by atoms with Crippen molar-refractivity contribution in [2.24, 2.45) is 0 Å². The molecule has 0 unspecified atom stereocenters. The normalized spacial score (nSPS) is 11.0. The third-order valence-electron chi connectivity index (χ3n) is 2.50. The van der Waals surface area contributed by atoms with Crippen LogP contribution in [0.5, 0.6) is 5.75 Å². The molecule has 2 aromatic rings. The molecule has 0 amide bonds. The second-order valence-corrected chi connectivity index (χ2v) is 4.61. The number of thiophene rings is 1. The van der Waals surface area contributed by atoms with Crippen molar-refractivity contribution in [3.63, 3.8) is 0 Å². The largest absolute Gasteiger partial charge is 0.508 e. The van der Waals surface area contributed by atoms with E-state index in [1.54, 1.807) is 0 Å². The zero-order chi connectivity index (χ0) is 10.1. The van der Waals surface area contributed by atoms with Gasteiger partial charge in [0.2, 0.25) is 0 Å². The summed E-state index contributed by atoms with van der Waals surface area (Å²) in [5, 5.41) is 10.9. The molecular formula is C12H14OS. The fraction of sp³-hybridized carbons (Fsp3) is 0.333. The number of aromatic hydroxyl groups is 1. The molecular weight excluding hydrogens is 192 g/mol. The molecule has 0 fully saturated rings. The summed E-state index contributed by atoms with van der Waals surface area (Å²) in [6, 6.07) is 6.15. The van der Waals surface area contributed by atoms with Crippen molar-refractivity contribution in [2.75, 3.05) is 0 Å². The van der Waals surface area contributed by atoms with Gasteiger partial charge in [0.05, 0.1) is 0 Å². The smallest absolute Gasteiger partial charge is 0.119 e. The Morgan fingerprint density at radius 2 is 1.93 bits per heavy atom. The van der Waals surface area contributed by atoms with Crippen molar-refractivity contribution in [3.05, 3.63) is 28.6 Å². The Hall–Kier alpha value is -1.02. The Balaban J connectivity index is 2.64. The van der Waals surface area contributed by atoms with Gasteiger partial charge in [-0.3, -0.25) is 0 Å². The number of fused-ring (bicyclic) bond motifs is 1. The molecule has 0 aliphatic carbocycles. The average molecular weight is 206 g/mol. The van der Waals surface area contributed by atoms with Crippen molar-refractivity contribution in [1.29, 1.82) is 0 Å². The summed E-state index contributed by atoms with van der Waals surface area (Å²) >= 11 is 1.82. The first-order valence-electron chi connectivity index (χ1n) is 4.99. The van der Waals surface area contributed by atoms with E-state index in [9.17, 15) is 5.11 Å². The molecule has 0 spiro atoms. The van der Waals surface area contributed by atoms with Crippen LogP contribution in [0.3, 0.4) is 0 Å². The Morgan fingerprint density at radius 3 is 2.57 bits per heavy atom. The van der Waals surface area contributed by atoms with E-state index in [0.717, 1.165) is 18.4 Å². The molecule has 1 heterocycles. The lowest BCUT2D eigenvalue weighted by molar-refractivity contribution is 0.470. The second-order valence-electron chi connectivity index (χ2n) is 3.44. The third kappa shape index (κ3) is 1.50. The van der Waals surface area contributed by atoms with Gasteiger partial charge in [0.15, 0.2) is 0 Å². The molecule has 0 radical (unpaired) electrons. The Kier molecular flexibility index (Phi) is 2.46. The molecule has 1 aromatic heterocycles. The van der Waals surface area contributed by atoms with E-state index in [0.29, 0.717) is 5.75 Å². The highest BCUT2D eigenvalue weighted by molar-refractivity contribution is 7.19. The van der Waals surface area contributed by atoms with Crippen molar-refractivity contribution in [3.8, 4) is 5.75 Å². The van der Waals surface area contributed by atoms with Crippen LogP contribution in [0, 0.1) is 0 Å². The fourth-order valence-corrected chi connectivity index (χ4v) is 2.68. The predicted octanol–water partition coefficient (Wildman–Crippen LogP) is 3.73. The molecule has 1 N–H and O–H groups in total. The standard InChI is InChI=1S/C12H14OS/c1-3-8-7-12-9(6-11(8)13)5-10(4-2)14-12/h5-7,13H,3-4H2,1-2H3. The van der Waals surface area contributed by atoms with E-state index in [1.165, 1.54) is 15.0 Å². The number of hydrogen-bond acceptors (Lipinski definition) is 2. The summed E-state index contributed by atoms with van der Waals surface area (Å²) in [4.78, 5) is 1.38. The zero-order valence-corrected chi connectivity index (χ0v) is 9.32. The minimum atomic E-state index is 0.431. The van der Waals surface area contributed by atoms with Crippen molar-refractivity contribution in [2.45, 2.75) is 26.7 Å². The SMILES string of the molecule is CCc1cc2cc(O)c(CC)cc2s1. The summed E-state index contributed by atoms with van der Waals surface area (Å²) in [5.74, 6) is 0.431. The maximum atomic E-state index is 9.70. The number of phenolic OH excluding ortho intramolecular Hbond substituents is 1. The van der Waals surface area contributed by atoms with Gasteiger partial charge in [-0.25, -0.2) is 0 Å². The lowest BCUT2D eigenvalue weighted by Gasteiger charge is -2.00. The van der Waals surface area contributed by atoms with Crippen LogP contribution in [0.1, 0.15) is 24.3 Å². The Bertz CT molecular complexity index is 457. The van der Waals surface area contributed by atoms with E-state index >= 15 is 0 Å². The first-order valence-corrected chi connectivity index (χ1v) is 5.80. The molecule has 2 heteroatoms. The molecule has 1 nitrogen and oxygen atoms in total. The summed E-state index contributed by atoms with van der Waals surface area (Å²) in [6.07, 6.45) is 1.96. The van der Waals surface area contributed by atoms with Crippen LogP contribution in [0.4, 0.5) is 0 Å². The minimum absolute atomic E-state index is 0.431. The molecule has 0 saturated heterocycles. The summed E-state index contributed by atoms with van der Waals surface area (Å²) in [6.45, 7) is 4.22. The van der Waals surface area contributed by atoms with Crippen LogP contribution < -0.4 is 0 Å². The van der Waals surface area contributed by atoms with Gasteiger partial charge in [0.1, 0.15) is 5.75 Å². The molecule has 0 bridgehead atoms. The summed E-state index contributed by atoms with van der Waals surface area (Å²) in [7, 11) is 0. The monoisotopic (exact) mass is 206 g/mol. The number of benzene rings is 1. The van der Waals surface area contributed by atoms with Gasteiger partial charge in [-0.1, -0.05) is 13.8 Å². The highest BCUT2D eigenvalue weighted by atomic mass is 32.1. The molecule has 14 heavy (non-hydrogen) atoms. The number of rotatable bonds is 2. The summed E-state index contributed by atoms with van der Waals surface area (Å²) in [5.41, 5.74) is 1.04. The maximum absolute atomic E-state index is 9.70. The van der Waals surface area contributed by atoms with Gasteiger partial charge in [0.25, 0.3) is 0 Å². The van der Waals surface area contributed by atoms with Crippen molar-refractivity contribution >= 4 is 21.4 Å². The van der Waals surface area contributed by atoms with Gasteiger partial charge < -0.3 is 5.11 Å². The molecule has 0 aliphatic rings. The lowest BCUT2D eigenvalue weighted by atomic mass is 10.1. The maximum Gasteiger partial charge on any atom is 0.119 e. The predicted molar refractivity (Wildman–Crippen MR) is 62.2 cm³/mol. The van der Waals surface area contributed by atoms with E-state index in [4.69, 9.17) is 0 Å². The van der Waals surface area contributed by atoms with Crippen LogP contribution in [-0.4, -0.2) is 5.11 Å². The van der Waals surface area contributed by atoms with Crippen molar-refractivity contribution in [1.82, 2.24) is 0 Å². The van der Waals surface area contributed by atoms with Gasteiger partial charge in [0, 0.05) is 9.58 Å². The molecule has 74 valence electrons. The quantitative estimate of drug-likeness (QED) is 0.793. The van der Waals surface area contributed by atoms with Crippen LogP contribution in [-0.2, 0) is 12.8 Å². The Labute approximate surface area is 88.0 Å². The highest BCUT2D eigenvalue weighted by Crippen LogP contribution is 2.31. The fourth-order valence-electron chi connectivity index (χ4n) is 1.63. The molecule has 0 atom stereocenters. The number of hydrogen-bond donors (Lipinski definition) is 1. The van der Waals surface area contributed by atoms with Crippen LogP contribution in [0.2, 0.25) is 0 Å². The molecule has 0 saturated carbocycles. The van der Waals surface area contributed by atoms with Crippen molar-refractivity contribution < 1.29 is 5.11 Å². The minimum Gasteiger partial charge on any atom is -0.508 e. The third-order valence-corrected chi connectivity index (χ3v) is 3.74. The van der Waals surface area contributed by atoms with Gasteiger partial charge in [-0.15, -0.1) is 11.3 Å². The first-order chi connectivity index (χ1) is 6.74. The Morgan fingerprint density at radius 1 is 1.14 bits per heavy atom. The second kappa shape index (κ2) is 3.62. The average Bonchev–Trinajstić information content (AvgIpc) is 2.58. The van der Waals surface area contributed by atoms with E-state index < -0.39 is 0 Å². The topological polar surface area (TPSA) is 20.2 Å². The van der Waals surface area contributed by atoms with Gasteiger partial charge in [-0.2, -0.15) is 0 Å². The summed E-state index contributed by atoms with van der Waals surface area (Å²) < 4.78 is 1.29. The lowest BCUT2D eigenvalue weighted by Crippen LogP contribution is -1.79. The molecule has 1 aromatic carbocycles. The first kappa shape index (κ1) is 9.53. The molecule has 2 rings (SSSR count). The van der Waals surface area contributed by atoms with Crippen LogP contribution in [0.15, 0.2) is 18.2 Å². The van der Waals surface area contributed by atoms with Gasteiger partial charge >= 0.3 is 0 Å². The number of phenols is 1. The molecule has 0 aliphatic heterocycles. The van der Waals surface area contributed by atoms with E-state index in [1.807, 2.05) is 17.4 Å². The zero-order valence-electron chi connectivity index (χ0n) is 8.50. The van der Waals surface area contributed by atoms with E-state index in [2.05, 4.69) is 26.0 Å². The highest BCUT2D eigenvalue weighted by Gasteiger charge is 2.05. The van der Waals surface area contributed by atoms with E-state index in [-0.39, 0.29) is 0 Å². The van der Waals surface area contributed by atoms with Crippen LogP contribution in [0.25, 0.3) is 10.1 Å². The number of aryl methyl sites for hydroxylation is 2. The van der Waals surface area contributed by atoms with Crippen LogP contribution >= 0.6 is 11.3 Å².